The number of hydrogen-bond acceptors (Lipinski definition) is 4. The minimum Gasteiger partial charge on any atom is -0.384 e. The van der Waals surface area contributed by atoms with Crippen molar-refractivity contribution in [2.24, 2.45) is 17.8 Å². The maximum absolute atomic E-state index is 14.2. The molecule has 3 N–H and O–H groups in total. The highest BCUT2D eigenvalue weighted by Crippen LogP contribution is 2.33. The van der Waals surface area contributed by atoms with Crippen LogP contribution in [0.15, 0.2) is 43.3 Å². The van der Waals surface area contributed by atoms with Crippen LogP contribution in [0.2, 0.25) is 0 Å². The third-order valence-corrected chi connectivity index (χ3v) is 5.41. The van der Waals surface area contributed by atoms with Crippen LogP contribution < -0.4 is 10.6 Å². The van der Waals surface area contributed by atoms with E-state index in [1.165, 1.54) is 19.2 Å². The lowest BCUT2D eigenvalue weighted by Crippen LogP contribution is -2.44. The number of nitrogens with one attached hydrogen (secondary N) is 3. The van der Waals surface area contributed by atoms with Gasteiger partial charge in [0.25, 0.3) is 0 Å². The van der Waals surface area contributed by atoms with E-state index in [1.807, 2.05) is 12.2 Å². The second-order valence-electron chi connectivity index (χ2n) is 7.53. The average molecular weight is 447 g/mol. The van der Waals surface area contributed by atoms with Crippen LogP contribution in [-0.4, -0.2) is 23.8 Å². The Morgan fingerprint density at radius 2 is 1.90 bits per heavy atom. The molecule has 0 radical (unpaired) electrons. The van der Waals surface area contributed by atoms with Gasteiger partial charge in [-0.15, -0.1) is 6.58 Å². The van der Waals surface area contributed by atoms with Gasteiger partial charge in [-0.3, -0.25) is 10.3 Å². The first-order valence-electron chi connectivity index (χ1n) is 10.1. The number of aromatic nitrogens is 1. The van der Waals surface area contributed by atoms with Crippen molar-refractivity contribution in [3.8, 4) is 0 Å². The summed E-state index contributed by atoms with van der Waals surface area (Å²) in [6.07, 6.45) is -1.07. The van der Waals surface area contributed by atoms with Gasteiger partial charge in [0.15, 0.2) is 0 Å². The Kier molecular flexibility index (Phi) is 9.80. The van der Waals surface area contributed by atoms with E-state index < -0.39 is 29.8 Å². The summed E-state index contributed by atoms with van der Waals surface area (Å²) >= 11 is 0. The first-order chi connectivity index (χ1) is 14.4. The second-order valence-corrected chi connectivity index (χ2v) is 7.53. The van der Waals surface area contributed by atoms with Gasteiger partial charge < -0.3 is 10.7 Å². The number of pyridine rings is 1. The van der Waals surface area contributed by atoms with Crippen LogP contribution in [0.1, 0.15) is 44.4 Å². The van der Waals surface area contributed by atoms with Gasteiger partial charge in [-0.1, -0.05) is 32.6 Å². The molecule has 3 atom stereocenters. The van der Waals surface area contributed by atoms with Crippen molar-refractivity contribution in [3.05, 3.63) is 54.5 Å². The predicted molar refractivity (Wildman–Crippen MR) is 113 cm³/mol. The summed E-state index contributed by atoms with van der Waals surface area (Å²) in [7, 11) is 1.20. The van der Waals surface area contributed by atoms with Crippen LogP contribution in [-0.2, 0) is 12.7 Å². The molecule has 4 nitrogen and oxygen atoms in total. The van der Waals surface area contributed by atoms with E-state index in [-0.39, 0.29) is 31.0 Å². The van der Waals surface area contributed by atoms with Crippen LogP contribution in [0.3, 0.4) is 0 Å². The molecule has 0 aliphatic carbocycles. The predicted octanol–water partition coefficient (Wildman–Crippen LogP) is 5.78. The monoisotopic (exact) mass is 446 g/mol. The van der Waals surface area contributed by atoms with E-state index in [9.17, 15) is 22.0 Å². The van der Waals surface area contributed by atoms with Gasteiger partial charge in [0.1, 0.15) is 5.69 Å². The smallest absolute Gasteiger partial charge is 0.384 e. The Morgan fingerprint density at radius 3 is 2.35 bits per heavy atom. The molecule has 1 heterocycles. The third-order valence-electron chi connectivity index (χ3n) is 5.41. The molecular weight excluding hydrogens is 415 g/mol. The minimum absolute atomic E-state index is 0.104. The van der Waals surface area contributed by atoms with Crippen molar-refractivity contribution in [3.63, 3.8) is 0 Å². The van der Waals surface area contributed by atoms with E-state index in [1.54, 1.807) is 6.92 Å². The molecule has 0 aliphatic rings. The zero-order valence-corrected chi connectivity index (χ0v) is 18.1. The second kappa shape index (κ2) is 11.4. The Morgan fingerprint density at radius 1 is 1.26 bits per heavy atom. The molecule has 1 aromatic heterocycles. The molecule has 1 rings (SSSR count). The Hall–Kier alpha value is -2.29. The highest BCUT2D eigenvalue weighted by Gasteiger charge is 2.40. The zero-order valence-electron chi connectivity index (χ0n) is 18.1. The summed E-state index contributed by atoms with van der Waals surface area (Å²) in [6.45, 7) is 11.3. The normalized spacial score (nSPS) is 15.1. The quantitative estimate of drug-likeness (QED) is 0.156. The molecule has 174 valence electrons. The molecule has 3 unspecified atom stereocenters. The van der Waals surface area contributed by atoms with Gasteiger partial charge in [0.2, 0.25) is 0 Å². The van der Waals surface area contributed by atoms with Crippen molar-refractivity contribution in [1.29, 1.82) is 5.41 Å². The molecule has 0 saturated carbocycles. The Labute approximate surface area is 180 Å². The van der Waals surface area contributed by atoms with Crippen molar-refractivity contribution in [2.45, 2.75) is 51.9 Å². The van der Waals surface area contributed by atoms with E-state index in [4.69, 9.17) is 5.41 Å². The minimum atomic E-state index is -4.50. The van der Waals surface area contributed by atoms with Gasteiger partial charge in [-0.05, 0) is 43.9 Å². The summed E-state index contributed by atoms with van der Waals surface area (Å²) in [5.74, 6) is -1.82. The highest BCUT2D eigenvalue weighted by atomic mass is 19.4. The van der Waals surface area contributed by atoms with Crippen molar-refractivity contribution in [2.75, 3.05) is 7.05 Å². The fourth-order valence-electron chi connectivity index (χ4n) is 3.35. The number of hydrogen-bond donors (Lipinski definition) is 3. The molecule has 0 spiro atoms. The van der Waals surface area contributed by atoms with Crippen LogP contribution in [0.4, 0.5) is 22.0 Å². The Balaban J connectivity index is 2.72. The lowest BCUT2D eigenvalue weighted by molar-refractivity contribution is -0.141. The number of alkyl halides is 5. The maximum atomic E-state index is 14.2. The largest absolute Gasteiger partial charge is 0.433 e. The molecule has 0 aliphatic heterocycles. The molecule has 0 amide bonds. The van der Waals surface area contributed by atoms with E-state index in [0.717, 1.165) is 12.3 Å². The molecule has 0 saturated heterocycles. The van der Waals surface area contributed by atoms with Gasteiger partial charge in [0.05, 0.1) is 0 Å². The topological polar surface area (TPSA) is 60.8 Å². The summed E-state index contributed by atoms with van der Waals surface area (Å²) in [5, 5.41) is 13.4. The molecule has 0 bridgehead atoms. The van der Waals surface area contributed by atoms with Gasteiger partial charge >= 0.3 is 12.2 Å². The molecule has 1 aromatic rings. The maximum Gasteiger partial charge on any atom is 0.433 e. The van der Waals surface area contributed by atoms with Gasteiger partial charge in [-0.2, -0.15) is 22.0 Å². The van der Waals surface area contributed by atoms with Gasteiger partial charge in [-0.25, -0.2) is 0 Å². The van der Waals surface area contributed by atoms with Crippen molar-refractivity contribution >= 4 is 5.71 Å². The van der Waals surface area contributed by atoms with Gasteiger partial charge in [0, 0.05) is 36.0 Å². The summed E-state index contributed by atoms with van der Waals surface area (Å²) in [4.78, 5) is 3.41. The SMILES string of the molecule is C=CC(C)C(CCC(=N)C(CC)C(=C)NCc1ccc(C(F)(F)F)nc1)C(F)(F)NC. The van der Waals surface area contributed by atoms with E-state index in [2.05, 4.69) is 23.5 Å². The van der Waals surface area contributed by atoms with Crippen LogP contribution in [0, 0.1) is 23.2 Å². The summed E-state index contributed by atoms with van der Waals surface area (Å²) in [5.41, 5.74) is 0.355. The fourth-order valence-corrected chi connectivity index (χ4v) is 3.35. The van der Waals surface area contributed by atoms with Crippen LogP contribution in [0.5, 0.6) is 0 Å². The van der Waals surface area contributed by atoms with Crippen molar-refractivity contribution < 1.29 is 22.0 Å². The zero-order chi connectivity index (χ0) is 23.8. The lowest BCUT2D eigenvalue weighted by atomic mass is 9.84. The third kappa shape index (κ3) is 7.72. The molecule has 31 heavy (non-hydrogen) atoms. The molecule has 0 fully saturated rings. The number of rotatable bonds is 13. The summed E-state index contributed by atoms with van der Waals surface area (Å²) in [6, 6.07) is -0.855. The standard InChI is InChI=1S/C22H31F5N4/c1-6-14(3)18(22(26,27)29-5)9-10-19(28)17(7-2)15(4)30-12-16-8-11-20(31-13-16)21(23,24)25/h6,8,11,13-14,17-18,28-30H,1,4,7,9-10,12H2,2-3,5H3. The van der Waals surface area contributed by atoms with Crippen LogP contribution in [0.25, 0.3) is 0 Å². The Bertz CT molecular complexity index is 743. The number of allylic oxidation sites excluding steroid dienone is 2. The molecular formula is C22H31F5N4. The highest BCUT2D eigenvalue weighted by molar-refractivity contribution is 5.86. The molecule has 9 heteroatoms. The summed E-state index contributed by atoms with van der Waals surface area (Å²) < 4.78 is 66.2. The number of halogens is 5. The van der Waals surface area contributed by atoms with Crippen LogP contribution >= 0.6 is 0 Å². The van der Waals surface area contributed by atoms with Crippen molar-refractivity contribution in [1.82, 2.24) is 15.6 Å². The average Bonchev–Trinajstić information content (AvgIpc) is 2.72. The lowest BCUT2D eigenvalue weighted by Gasteiger charge is -2.30. The van der Waals surface area contributed by atoms with E-state index in [0.29, 0.717) is 17.7 Å². The molecule has 0 aromatic carbocycles. The first-order valence-corrected chi connectivity index (χ1v) is 10.1. The van der Waals surface area contributed by atoms with E-state index >= 15 is 0 Å². The number of nitrogens with zero attached hydrogens (tertiary/aromatic N) is 1. The fraction of sp³-hybridized carbons (Fsp3) is 0.545. The first kappa shape index (κ1) is 26.7.